The predicted octanol–water partition coefficient (Wildman–Crippen LogP) is 2.14. The molecule has 19 heavy (non-hydrogen) atoms. The smallest absolute Gasteiger partial charge is 0.412 e. The molecule has 1 amide bonds. The van der Waals surface area contributed by atoms with Gasteiger partial charge in [-0.1, -0.05) is 18.2 Å². The van der Waals surface area contributed by atoms with Crippen LogP contribution in [0.1, 0.15) is 26.3 Å². The Morgan fingerprint density at radius 3 is 2.47 bits per heavy atom. The van der Waals surface area contributed by atoms with Gasteiger partial charge in [-0.3, -0.25) is 10.1 Å². The zero-order valence-corrected chi connectivity index (χ0v) is 11.4. The second kappa shape index (κ2) is 6.33. The van der Waals surface area contributed by atoms with Gasteiger partial charge in [0.15, 0.2) is 5.78 Å². The van der Waals surface area contributed by atoms with E-state index >= 15 is 0 Å². The van der Waals surface area contributed by atoms with Gasteiger partial charge in [-0.15, -0.1) is 0 Å². The van der Waals surface area contributed by atoms with Crippen LogP contribution in [0.25, 0.3) is 0 Å². The minimum absolute atomic E-state index is 0.0719. The summed E-state index contributed by atoms with van der Waals surface area (Å²) in [6, 6.07) is 6.92. The van der Waals surface area contributed by atoms with Crippen LogP contribution in [0.2, 0.25) is 0 Å². The molecule has 0 fully saturated rings. The maximum absolute atomic E-state index is 11.7. The summed E-state index contributed by atoms with van der Waals surface area (Å²) in [5, 5.41) is 11.4. The van der Waals surface area contributed by atoms with Gasteiger partial charge in [0.05, 0.1) is 0 Å². The van der Waals surface area contributed by atoms with E-state index in [9.17, 15) is 9.59 Å². The molecule has 0 radical (unpaired) electrons. The number of aliphatic hydroxyl groups excluding tert-OH is 1. The Balaban J connectivity index is 2.78. The zero-order chi connectivity index (χ0) is 14.5. The van der Waals surface area contributed by atoms with Crippen LogP contribution in [-0.4, -0.2) is 29.2 Å². The van der Waals surface area contributed by atoms with E-state index in [4.69, 9.17) is 9.84 Å². The third-order valence-electron chi connectivity index (χ3n) is 2.22. The standard InChI is InChI=1S/C14H19NO4/c1-14(2,3)19-13(18)15-12-7-5-4-6-10(12)8-11(17)9-16/h4-7,16H,8-9H2,1-3H3,(H,15,18). The van der Waals surface area contributed by atoms with E-state index in [-0.39, 0.29) is 12.2 Å². The minimum Gasteiger partial charge on any atom is -0.444 e. The van der Waals surface area contributed by atoms with Crippen LogP contribution in [0, 0.1) is 0 Å². The molecule has 0 aromatic heterocycles. The number of amides is 1. The average Bonchev–Trinajstić information content (AvgIpc) is 2.29. The van der Waals surface area contributed by atoms with Gasteiger partial charge >= 0.3 is 6.09 Å². The van der Waals surface area contributed by atoms with Gasteiger partial charge in [0.2, 0.25) is 0 Å². The van der Waals surface area contributed by atoms with Gasteiger partial charge in [0.25, 0.3) is 0 Å². The first-order chi connectivity index (χ1) is 8.81. The number of hydrogen-bond acceptors (Lipinski definition) is 4. The van der Waals surface area contributed by atoms with Crippen molar-refractivity contribution >= 4 is 17.6 Å². The molecule has 1 aromatic rings. The van der Waals surface area contributed by atoms with Crippen LogP contribution >= 0.6 is 0 Å². The Bertz CT molecular complexity index is 463. The third-order valence-corrected chi connectivity index (χ3v) is 2.22. The van der Waals surface area contributed by atoms with Crippen molar-refractivity contribution in [3.05, 3.63) is 29.8 Å². The second-order valence-electron chi connectivity index (χ2n) is 5.16. The molecule has 0 aliphatic carbocycles. The van der Waals surface area contributed by atoms with Gasteiger partial charge < -0.3 is 9.84 Å². The molecule has 1 aromatic carbocycles. The van der Waals surface area contributed by atoms with E-state index < -0.39 is 18.3 Å². The van der Waals surface area contributed by atoms with Crippen LogP contribution in [-0.2, 0) is 16.0 Å². The Kier molecular flexibility index (Phi) is 5.06. The SMILES string of the molecule is CC(C)(C)OC(=O)Nc1ccccc1CC(=O)CO. The molecule has 5 nitrogen and oxygen atoms in total. The quantitative estimate of drug-likeness (QED) is 0.874. The fourth-order valence-corrected chi connectivity index (χ4v) is 1.48. The van der Waals surface area contributed by atoms with Crippen molar-refractivity contribution in [1.29, 1.82) is 0 Å². The molecule has 0 aliphatic rings. The summed E-state index contributed by atoms with van der Waals surface area (Å²) < 4.78 is 5.14. The van der Waals surface area contributed by atoms with E-state index in [0.717, 1.165) is 0 Å². The van der Waals surface area contributed by atoms with Crippen molar-refractivity contribution in [1.82, 2.24) is 0 Å². The summed E-state index contributed by atoms with van der Waals surface area (Å²) in [5.74, 6) is -0.307. The van der Waals surface area contributed by atoms with Crippen LogP contribution < -0.4 is 5.32 Å². The average molecular weight is 265 g/mol. The van der Waals surface area contributed by atoms with Gasteiger partial charge in [-0.2, -0.15) is 0 Å². The largest absolute Gasteiger partial charge is 0.444 e. The minimum atomic E-state index is -0.583. The van der Waals surface area contributed by atoms with E-state index in [2.05, 4.69) is 5.32 Å². The van der Waals surface area contributed by atoms with Gasteiger partial charge in [-0.05, 0) is 32.4 Å². The van der Waals surface area contributed by atoms with Gasteiger partial charge in [0.1, 0.15) is 12.2 Å². The second-order valence-corrected chi connectivity index (χ2v) is 5.16. The molecular formula is C14H19NO4. The normalized spacial score (nSPS) is 10.9. The van der Waals surface area contributed by atoms with E-state index in [1.54, 1.807) is 45.0 Å². The summed E-state index contributed by atoms with van der Waals surface area (Å²) in [6.45, 7) is 4.80. The topological polar surface area (TPSA) is 75.6 Å². The van der Waals surface area contributed by atoms with Gasteiger partial charge in [-0.25, -0.2) is 4.79 Å². The third kappa shape index (κ3) is 5.52. The summed E-state index contributed by atoms with van der Waals surface area (Å²) in [6.07, 6.45) is -0.501. The number of carbonyl (C=O) groups excluding carboxylic acids is 2. The number of aliphatic hydroxyl groups is 1. The molecule has 2 N–H and O–H groups in total. The molecule has 0 aliphatic heterocycles. The van der Waals surface area contributed by atoms with Crippen LogP contribution in [0.4, 0.5) is 10.5 Å². The lowest BCUT2D eigenvalue weighted by Crippen LogP contribution is -2.27. The number of ketones is 1. The highest BCUT2D eigenvalue weighted by Gasteiger charge is 2.17. The number of ether oxygens (including phenoxy) is 1. The fraction of sp³-hybridized carbons (Fsp3) is 0.429. The molecule has 0 unspecified atom stereocenters. The van der Waals surface area contributed by atoms with E-state index in [1.807, 2.05) is 0 Å². The van der Waals surface area contributed by atoms with E-state index in [0.29, 0.717) is 11.3 Å². The number of anilines is 1. The number of Topliss-reactive ketones (excluding diaryl/α,β-unsaturated/α-hetero) is 1. The molecule has 0 spiro atoms. The Hall–Kier alpha value is -1.88. The predicted molar refractivity (Wildman–Crippen MR) is 72.1 cm³/mol. The Labute approximate surface area is 112 Å². The highest BCUT2D eigenvalue weighted by Crippen LogP contribution is 2.17. The van der Waals surface area contributed by atoms with Crippen LogP contribution in [0.15, 0.2) is 24.3 Å². The molecule has 0 heterocycles. The number of benzene rings is 1. The monoisotopic (exact) mass is 265 g/mol. The first-order valence-electron chi connectivity index (χ1n) is 6.02. The number of hydrogen-bond donors (Lipinski definition) is 2. The fourth-order valence-electron chi connectivity index (χ4n) is 1.48. The lowest BCUT2D eigenvalue weighted by Gasteiger charge is -2.20. The van der Waals surface area contributed by atoms with Crippen molar-refractivity contribution in [2.45, 2.75) is 32.8 Å². The maximum Gasteiger partial charge on any atom is 0.412 e. The lowest BCUT2D eigenvalue weighted by atomic mass is 10.1. The molecule has 104 valence electrons. The van der Waals surface area contributed by atoms with Crippen molar-refractivity contribution in [2.75, 3.05) is 11.9 Å². The molecular weight excluding hydrogens is 246 g/mol. The Morgan fingerprint density at radius 2 is 1.89 bits per heavy atom. The highest BCUT2D eigenvalue weighted by atomic mass is 16.6. The maximum atomic E-state index is 11.7. The molecule has 0 saturated carbocycles. The van der Waals surface area contributed by atoms with Crippen molar-refractivity contribution in [2.24, 2.45) is 0 Å². The molecule has 0 saturated heterocycles. The van der Waals surface area contributed by atoms with Crippen molar-refractivity contribution < 1.29 is 19.4 Å². The summed E-state index contributed by atoms with van der Waals surface area (Å²) in [4.78, 5) is 22.9. The number of para-hydroxylation sites is 1. The lowest BCUT2D eigenvalue weighted by molar-refractivity contribution is -0.121. The highest BCUT2D eigenvalue weighted by molar-refractivity contribution is 5.89. The molecule has 1 rings (SSSR count). The summed E-state index contributed by atoms with van der Waals surface area (Å²) in [7, 11) is 0. The van der Waals surface area contributed by atoms with E-state index in [1.165, 1.54) is 0 Å². The van der Waals surface area contributed by atoms with Crippen LogP contribution in [0.3, 0.4) is 0 Å². The molecule has 5 heteroatoms. The zero-order valence-electron chi connectivity index (χ0n) is 11.4. The molecule has 0 atom stereocenters. The first-order valence-corrected chi connectivity index (χ1v) is 6.02. The number of rotatable bonds is 4. The van der Waals surface area contributed by atoms with Gasteiger partial charge in [0, 0.05) is 12.1 Å². The van der Waals surface area contributed by atoms with Crippen molar-refractivity contribution in [3.8, 4) is 0 Å². The number of carbonyl (C=O) groups is 2. The van der Waals surface area contributed by atoms with Crippen LogP contribution in [0.5, 0.6) is 0 Å². The summed E-state index contributed by atoms with van der Waals surface area (Å²) in [5.41, 5.74) is 0.575. The number of nitrogens with one attached hydrogen (secondary N) is 1. The molecule has 0 bridgehead atoms. The first kappa shape index (κ1) is 15.2. The summed E-state index contributed by atoms with van der Waals surface area (Å²) >= 11 is 0. The van der Waals surface area contributed by atoms with Crippen molar-refractivity contribution in [3.63, 3.8) is 0 Å². The Morgan fingerprint density at radius 1 is 1.26 bits per heavy atom.